The summed E-state index contributed by atoms with van der Waals surface area (Å²) in [7, 11) is -9.93. The summed E-state index contributed by atoms with van der Waals surface area (Å²) in [5.41, 5.74) is 0. The molecule has 0 fully saturated rings. The number of allylic oxidation sites excluding steroid dienone is 4. The molecule has 0 aromatic carbocycles. The molecule has 0 spiro atoms. The first-order chi connectivity index (χ1) is 46.8. The van der Waals surface area contributed by atoms with Crippen molar-refractivity contribution in [1.29, 1.82) is 0 Å². The van der Waals surface area contributed by atoms with Gasteiger partial charge in [-0.05, 0) is 69.1 Å². The van der Waals surface area contributed by atoms with Gasteiger partial charge in [-0.1, -0.05) is 323 Å². The van der Waals surface area contributed by atoms with Gasteiger partial charge in [-0.2, -0.15) is 0 Å². The van der Waals surface area contributed by atoms with Gasteiger partial charge in [0.25, 0.3) is 0 Å². The van der Waals surface area contributed by atoms with Gasteiger partial charge in [-0.15, -0.1) is 0 Å². The minimum Gasteiger partial charge on any atom is -0.462 e. The van der Waals surface area contributed by atoms with Gasteiger partial charge >= 0.3 is 39.5 Å². The third-order valence-corrected chi connectivity index (χ3v) is 19.8. The fraction of sp³-hybridized carbons (Fsp3) is 0.897. The van der Waals surface area contributed by atoms with Gasteiger partial charge in [-0.3, -0.25) is 37.3 Å². The number of aliphatic hydroxyl groups is 1. The molecule has 572 valence electrons. The van der Waals surface area contributed by atoms with Gasteiger partial charge in [0.1, 0.15) is 19.3 Å². The van der Waals surface area contributed by atoms with Crippen molar-refractivity contribution >= 4 is 39.5 Å². The van der Waals surface area contributed by atoms with Crippen LogP contribution in [0.3, 0.4) is 0 Å². The third kappa shape index (κ3) is 70.4. The quantitative estimate of drug-likeness (QED) is 0.0169. The number of hydrogen-bond acceptors (Lipinski definition) is 15. The summed E-state index contributed by atoms with van der Waals surface area (Å²) in [5.74, 6) is 0.175. The van der Waals surface area contributed by atoms with E-state index in [0.29, 0.717) is 25.7 Å². The largest absolute Gasteiger partial charge is 0.472 e. The van der Waals surface area contributed by atoms with Crippen molar-refractivity contribution in [2.24, 2.45) is 17.8 Å². The zero-order valence-corrected chi connectivity index (χ0v) is 64.8. The van der Waals surface area contributed by atoms with E-state index in [1.54, 1.807) is 0 Å². The zero-order chi connectivity index (χ0) is 71.6. The molecule has 97 heavy (non-hydrogen) atoms. The minimum atomic E-state index is -4.97. The van der Waals surface area contributed by atoms with Crippen molar-refractivity contribution in [3.05, 3.63) is 24.3 Å². The predicted molar refractivity (Wildman–Crippen MR) is 395 cm³/mol. The number of rotatable bonds is 74. The molecule has 3 unspecified atom stereocenters. The molecule has 0 aliphatic heterocycles. The Kier molecular flexibility index (Phi) is 66.3. The maximum absolute atomic E-state index is 13.1. The number of carbonyl (C=O) groups is 4. The predicted octanol–water partition coefficient (Wildman–Crippen LogP) is 22.5. The van der Waals surface area contributed by atoms with Gasteiger partial charge in [0.15, 0.2) is 12.2 Å². The summed E-state index contributed by atoms with van der Waals surface area (Å²) in [5, 5.41) is 10.6. The molecular weight excluding hydrogens is 1270 g/mol. The molecule has 0 rings (SSSR count). The topological polar surface area (TPSA) is 237 Å². The number of phosphoric ester groups is 2. The van der Waals surface area contributed by atoms with Crippen molar-refractivity contribution in [2.75, 3.05) is 39.6 Å². The Morgan fingerprint density at radius 1 is 0.340 bits per heavy atom. The normalized spacial score (nSPS) is 14.5. The van der Waals surface area contributed by atoms with Crippen molar-refractivity contribution in [1.82, 2.24) is 0 Å². The number of ether oxygens (including phenoxy) is 4. The summed E-state index contributed by atoms with van der Waals surface area (Å²) in [6, 6.07) is 0. The van der Waals surface area contributed by atoms with E-state index >= 15 is 0 Å². The first kappa shape index (κ1) is 94.5. The Morgan fingerprint density at radius 3 is 0.918 bits per heavy atom. The standard InChI is InChI=1S/C78H148O17P2/c1-8-10-11-12-13-14-15-16-17-21-24-31-38-45-52-59-75(80)88-65-73(94-77(82)61-54-47-40-32-25-22-19-18-20-23-30-37-44-51-58-71(7)9-2)67-92-96(84,85)90-63-72(79)64-91-97(86,87)93-68-74(95-78(83)62-55-48-41-34-27-29-36-43-50-57-70(5)6)66-89-76(81)60-53-46-39-33-26-28-35-42-49-56-69(3)4/h14-17,69-74,79H,8-13,18-68H2,1-7H3,(H,84,85)(H,86,87)/b15-14-,17-16-/t71?,72-,73-,74-/m1/s1. The molecule has 3 N–H and O–H groups in total. The van der Waals surface area contributed by atoms with Gasteiger partial charge in [0.05, 0.1) is 26.4 Å². The first-order valence-electron chi connectivity index (χ1n) is 39.7. The van der Waals surface area contributed by atoms with E-state index in [4.69, 9.17) is 37.0 Å². The summed E-state index contributed by atoms with van der Waals surface area (Å²) < 4.78 is 68.6. The molecule has 0 saturated carbocycles. The van der Waals surface area contributed by atoms with Crippen molar-refractivity contribution < 1.29 is 80.2 Å². The number of hydrogen-bond donors (Lipinski definition) is 3. The van der Waals surface area contributed by atoms with E-state index < -0.39 is 97.5 Å². The first-order valence-corrected chi connectivity index (χ1v) is 42.7. The molecule has 0 aliphatic carbocycles. The molecule has 6 atom stereocenters. The molecular formula is C78H148O17P2. The summed E-state index contributed by atoms with van der Waals surface area (Å²) in [6.45, 7) is 11.9. The molecule has 0 aromatic heterocycles. The second-order valence-corrected chi connectivity index (χ2v) is 31.5. The van der Waals surface area contributed by atoms with Crippen molar-refractivity contribution in [3.63, 3.8) is 0 Å². The molecule has 0 amide bonds. The third-order valence-electron chi connectivity index (χ3n) is 17.9. The van der Waals surface area contributed by atoms with Gasteiger partial charge < -0.3 is 33.8 Å². The highest BCUT2D eigenvalue weighted by Crippen LogP contribution is 2.45. The summed E-state index contributed by atoms with van der Waals surface area (Å²) in [4.78, 5) is 72.9. The van der Waals surface area contributed by atoms with Gasteiger partial charge in [0.2, 0.25) is 0 Å². The van der Waals surface area contributed by atoms with Crippen LogP contribution in [0.25, 0.3) is 0 Å². The highest BCUT2D eigenvalue weighted by Gasteiger charge is 2.30. The van der Waals surface area contributed by atoms with Crippen LogP contribution in [0.2, 0.25) is 0 Å². The van der Waals surface area contributed by atoms with Gasteiger partial charge in [-0.25, -0.2) is 9.13 Å². The lowest BCUT2D eigenvalue weighted by molar-refractivity contribution is -0.161. The zero-order valence-electron chi connectivity index (χ0n) is 63.0. The Labute approximate surface area is 592 Å². The Hall–Kier alpha value is -2.46. The van der Waals surface area contributed by atoms with Crippen LogP contribution in [0.1, 0.15) is 376 Å². The minimum absolute atomic E-state index is 0.100. The van der Waals surface area contributed by atoms with E-state index in [9.17, 15) is 43.2 Å². The highest BCUT2D eigenvalue weighted by atomic mass is 31.2. The lowest BCUT2D eigenvalue weighted by Crippen LogP contribution is -2.30. The lowest BCUT2D eigenvalue weighted by Gasteiger charge is -2.21. The maximum Gasteiger partial charge on any atom is 0.472 e. The number of esters is 4. The average Bonchev–Trinajstić information content (AvgIpc) is 2.19. The van der Waals surface area contributed by atoms with E-state index in [2.05, 4.69) is 72.8 Å². The summed E-state index contributed by atoms with van der Waals surface area (Å²) in [6.07, 6.45) is 57.6. The molecule has 0 radical (unpaired) electrons. The van der Waals surface area contributed by atoms with E-state index in [1.807, 2.05) is 0 Å². The number of aliphatic hydroxyl groups excluding tert-OH is 1. The number of phosphoric acid groups is 2. The van der Waals surface area contributed by atoms with Gasteiger partial charge in [0, 0.05) is 25.7 Å². The van der Waals surface area contributed by atoms with E-state index in [-0.39, 0.29) is 25.7 Å². The Balaban J connectivity index is 5.29. The van der Waals surface area contributed by atoms with Crippen LogP contribution in [0, 0.1) is 17.8 Å². The van der Waals surface area contributed by atoms with E-state index in [1.165, 1.54) is 167 Å². The molecule has 17 nitrogen and oxygen atoms in total. The second kappa shape index (κ2) is 68.0. The van der Waals surface area contributed by atoms with Crippen LogP contribution < -0.4 is 0 Å². The monoisotopic (exact) mass is 1420 g/mol. The fourth-order valence-corrected chi connectivity index (χ4v) is 13.0. The number of carbonyl (C=O) groups excluding carboxylic acids is 4. The Morgan fingerprint density at radius 2 is 0.608 bits per heavy atom. The van der Waals surface area contributed by atoms with Crippen LogP contribution in [0.5, 0.6) is 0 Å². The van der Waals surface area contributed by atoms with Crippen LogP contribution in [-0.2, 0) is 65.4 Å². The fourth-order valence-electron chi connectivity index (χ4n) is 11.4. The van der Waals surface area contributed by atoms with Crippen LogP contribution in [0.4, 0.5) is 0 Å². The summed E-state index contributed by atoms with van der Waals surface area (Å²) >= 11 is 0. The molecule has 0 aliphatic rings. The Bertz CT molecular complexity index is 1980. The maximum atomic E-state index is 13.1. The molecule has 19 heteroatoms. The molecule has 0 aromatic rings. The number of unbranched alkanes of at least 4 members (excludes halogenated alkanes) is 38. The molecule has 0 heterocycles. The lowest BCUT2D eigenvalue weighted by atomic mass is 9.99. The SMILES string of the molecule is CCCCCC/C=C\C=C/CCCCCCCC(=O)OC[C@H](COP(=O)(O)OC[C@@H](O)COP(=O)(O)OC[C@@H](COC(=O)CCCCCCCCCCCC(C)C)OC(=O)CCCCCCCCCCCC(C)C)OC(=O)CCCCCCCCCCCCCCCCC(C)CC. The smallest absolute Gasteiger partial charge is 0.462 e. The highest BCUT2D eigenvalue weighted by molar-refractivity contribution is 7.47. The van der Waals surface area contributed by atoms with Crippen LogP contribution >= 0.6 is 15.6 Å². The van der Waals surface area contributed by atoms with E-state index in [0.717, 1.165) is 127 Å². The van der Waals surface area contributed by atoms with Crippen LogP contribution in [0.15, 0.2) is 24.3 Å². The van der Waals surface area contributed by atoms with Crippen molar-refractivity contribution in [2.45, 2.75) is 394 Å². The second-order valence-electron chi connectivity index (χ2n) is 28.6. The van der Waals surface area contributed by atoms with Crippen LogP contribution in [-0.4, -0.2) is 96.7 Å². The molecule has 0 bridgehead atoms. The molecule has 0 saturated heterocycles. The average molecular weight is 1420 g/mol. The van der Waals surface area contributed by atoms with Crippen molar-refractivity contribution in [3.8, 4) is 0 Å².